The van der Waals surface area contributed by atoms with Crippen LogP contribution in [0.3, 0.4) is 0 Å². The zero-order valence-electron chi connectivity index (χ0n) is 9.15. The van der Waals surface area contributed by atoms with Crippen molar-refractivity contribution in [2.75, 3.05) is 13.1 Å². The molecule has 2 N–H and O–H groups in total. The Morgan fingerprint density at radius 2 is 2.44 bits per heavy atom. The number of halogens is 1. The summed E-state index contributed by atoms with van der Waals surface area (Å²) in [5.41, 5.74) is 5.86. The Morgan fingerprint density at radius 1 is 1.69 bits per heavy atom. The lowest BCUT2D eigenvalue weighted by molar-refractivity contribution is 0.0791. The van der Waals surface area contributed by atoms with E-state index < -0.39 is 0 Å². The van der Waals surface area contributed by atoms with Gasteiger partial charge >= 0.3 is 0 Å². The first-order valence-electron chi connectivity index (χ1n) is 5.38. The van der Waals surface area contributed by atoms with E-state index >= 15 is 0 Å². The normalized spacial score (nSPS) is 22.4. The fourth-order valence-electron chi connectivity index (χ4n) is 1.99. The smallest absolute Gasteiger partial charge is 0.263 e. The monoisotopic (exact) mass is 302 g/mol. The van der Waals surface area contributed by atoms with E-state index in [1.165, 1.54) is 11.3 Å². The fourth-order valence-corrected chi connectivity index (χ4v) is 3.34. The van der Waals surface area contributed by atoms with E-state index in [4.69, 9.17) is 5.73 Å². The van der Waals surface area contributed by atoms with Crippen molar-refractivity contribution in [3.63, 3.8) is 0 Å². The number of rotatable bonds is 2. The summed E-state index contributed by atoms with van der Waals surface area (Å²) < 4.78 is 0.999. The third-order valence-electron chi connectivity index (χ3n) is 3.04. The van der Waals surface area contributed by atoms with Crippen LogP contribution in [0.25, 0.3) is 0 Å². The number of thiophene rings is 1. The van der Waals surface area contributed by atoms with Gasteiger partial charge in [0.25, 0.3) is 5.91 Å². The first kappa shape index (κ1) is 12.1. The Hall–Kier alpha value is -0.390. The molecule has 16 heavy (non-hydrogen) atoms. The highest BCUT2D eigenvalue weighted by atomic mass is 79.9. The Kier molecular flexibility index (Phi) is 3.66. The second-order valence-corrected chi connectivity index (χ2v) is 6.73. The molecule has 0 aliphatic carbocycles. The van der Waals surface area contributed by atoms with Gasteiger partial charge < -0.3 is 10.6 Å². The molecule has 88 valence electrons. The number of amides is 1. The van der Waals surface area contributed by atoms with Gasteiger partial charge in [-0.3, -0.25) is 4.79 Å². The average Bonchev–Trinajstić information content (AvgIpc) is 2.84. The van der Waals surface area contributed by atoms with Crippen molar-refractivity contribution in [1.29, 1.82) is 0 Å². The van der Waals surface area contributed by atoms with Crippen LogP contribution in [-0.2, 0) is 0 Å². The zero-order valence-corrected chi connectivity index (χ0v) is 11.6. The van der Waals surface area contributed by atoms with Crippen LogP contribution in [0, 0.1) is 5.92 Å². The lowest BCUT2D eigenvalue weighted by Gasteiger charge is -2.17. The number of hydrogen-bond donors (Lipinski definition) is 1. The molecule has 5 heteroatoms. The maximum Gasteiger partial charge on any atom is 0.263 e. The molecule has 1 saturated heterocycles. The molecule has 3 nitrogen and oxygen atoms in total. The molecule has 1 aliphatic rings. The molecule has 2 rings (SSSR count). The van der Waals surface area contributed by atoms with Gasteiger partial charge in [0, 0.05) is 19.1 Å². The van der Waals surface area contributed by atoms with E-state index in [1.807, 2.05) is 24.0 Å². The van der Waals surface area contributed by atoms with Crippen molar-refractivity contribution < 1.29 is 4.79 Å². The van der Waals surface area contributed by atoms with Gasteiger partial charge in [-0.25, -0.2) is 0 Å². The van der Waals surface area contributed by atoms with Crippen LogP contribution >= 0.6 is 27.3 Å². The van der Waals surface area contributed by atoms with Gasteiger partial charge in [0.1, 0.15) is 0 Å². The fraction of sp³-hybridized carbons (Fsp3) is 0.545. The summed E-state index contributed by atoms with van der Waals surface area (Å²) in [5, 5.41) is 0. The zero-order chi connectivity index (χ0) is 11.7. The van der Waals surface area contributed by atoms with Crippen molar-refractivity contribution in [3.05, 3.63) is 20.8 Å². The van der Waals surface area contributed by atoms with E-state index in [1.54, 1.807) is 0 Å². The lowest BCUT2D eigenvalue weighted by atomic mass is 10.0. The second-order valence-electron chi connectivity index (χ2n) is 4.26. The highest BCUT2D eigenvalue weighted by Crippen LogP contribution is 2.26. The van der Waals surface area contributed by atoms with E-state index in [-0.39, 0.29) is 11.9 Å². The summed E-state index contributed by atoms with van der Waals surface area (Å²) >= 11 is 4.86. The summed E-state index contributed by atoms with van der Waals surface area (Å²) in [6, 6.07) is 3.96. The number of carbonyl (C=O) groups excluding carboxylic acids is 1. The van der Waals surface area contributed by atoms with Gasteiger partial charge in [0.05, 0.1) is 8.66 Å². The Bertz CT molecular complexity index is 391. The van der Waals surface area contributed by atoms with Crippen LogP contribution in [0.5, 0.6) is 0 Å². The van der Waals surface area contributed by atoms with Crippen molar-refractivity contribution in [2.45, 2.75) is 19.4 Å². The number of nitrogens with zero attached hydrogens (tertiary/aromatic N) is 1. The SMILES string of the molecule is CC(N)C1CCN(C(=O)c2ccc(Br)s2)C1. The van der Waals surface area contributed by atoms with Crippen molar-refractivity contribution in [3.8, 4) is 0 Å². The largest absolute Gasteiger partial charge is 0.338 e. The third kappa shape index (κ3) is 2.47. The molecule has 0 spiro atoms. The highest BCUT2D eigenvalue weighted by molar-refractivity contribution is 9.11. The van der Waals surface area contributed by atoms with E-state index in [0.29, 0.717) is 5.92 Å². The molecule has 1 amide bonds. The van der Waals surface area contributed by atoms with Gasteiger partial charge in [-0.1, -0.05) is 0 Å². The molecule has 0 saturated carbocycles. The summed E-state index contributed by atoms with van der Waals surface area (Å²) in [4.78, 5) is 14.8. The average molecular weight is 303 g/mol. The van der Waals surface area contributed by atoms with E-state index in [0.717, 1.165) is 28.2 Å². The van der Waals surface area contributed by atoms with Gasteiger partial charge in [0.15, 0.2) is 0 Å². The van der Waals surface area contributed by atoms with E-state index in [2.05, 4.69) is 15.9 Å². The van der Waals surface area contributed by atoms with E-state index in [9.17, 15) is 4.79 Å². The summed E-state index contributed by atoms with van der Waals surface area (Å²) in [7, 11) is 0. The second kappa shape index (κ2) is 4.85. The van der Waals surface area contributed by atoms with Gasteiger partial charge in [-0.05, 0) is 47.3 Å². The van der Waals surface area contributed by atoms with Crippen LogP contribution < -0.4 is 5.73 Å². The Morgan fingerprint density at radius 3 is 2.94 bits per heavy atom. The minimum Gasteiger partial charge on any atom is -0.338 e. The topological polar surface area (TPSA) is 46.3 Å². The number of nitrogens with two attached hydrogens (primary N) is 1. The summed E-state index contributed by atoms with van der Waals surface area (Å²) in [5.74, 6) is 0.589. The van der Waals surface area contributed by atoms with Gasteiger partial charge in [0.2, 0.25) is 0 Å². The molecule has 1 aliphatic heterocycles. The quantitative estimate of drug-likeness (QED) is 0.911. The minimum absolute atomic E-state index is 0.138. The highest BCUT2D eigenvalue weighted by Gasteiger charge is 2.29. The molecule has 2 atom stereocenters. The molecule has 2 heterocycles. The molecular weight excluding hydrogens is 288 g/mol. The van der Waals surface area contributed by atoms with Gasteiger partial charge in [-0.15, -0.1) is 11.3 Å². The molecule has 0 radical (unpaired) electrons. The molecular formula is C11H15BrN2OS. The van der Waals surface area contributed by atoms with Crippen molar-refractivity contribution in [2.24, 2.45) is 11.7 Å². The number of likely N-dealkylation sites (tertiary alicyclic amines) is 1. The molecule has 2 unspecified atom stereocenters. The molecule has 0 bridgehead atoms. The van der Waals surface area contributed by atoms with Crippen LogP contribution in [0.2, 0.25) is 0 Å². The van der Waals surface area contributed by atoms with Crippen LogP contribution in [0.15, 0.2) is 15.9 Å². The minimum atomic E-state index is 0.138. The van der Waals surface area contributed by atoms with Crippen molar-refractivity contribution >= 4 is 33.2 Å². The number of carbonyl (C=O) groups is 1. The lowest BCUT2D eigenvalue weighted by Crippen LogP contribution is -2.32. The summed E-state index contributed by atoms with van der Waals surface area (Å²) in [6.07, 6.45) is 1.02. The van der Waals surface area contributed by atoms with Gasteiger partial charge in [-0.2, -0.15) is 0 Å². The van der Waals surface area contributed by atoms with Crippen LogP contribution in [0.1, 0.15) is 23.0 Å². The molecule has 1 fully saturated rings. The molecule has 1 aromatic heterocycles. The first-order chi connectivity index (χ1) is 7.58. The number of hydrogen-bond acceptors (Lipinski definition) is 3. The predicted octanol–water partition coefficient (Wildman–Crippen LogP) is 2.32. The Labute approximate surface area is 108 Å². The maximum absolute atomic E-state index is 12.1. The molecule has 1 aromatic rings. The first-order valence-corrected chi connectivity index (χ1v) is 6.99. The maximum atomic E-state index is 12.1. The summed E-state index contributed by atoms with van der Waals surface area (Å²) in [6.45, 7) is 3.65. The molecule has 0 aromatic carbocycles. The Balaban J connectivity index is 2.02. The third-order valence-corrected chi connectivity index (χ3v) is 4.65. The van der Waals surface area contributed by atoms with Crippen LogP contribution in [0.4, 0.5) is 0 Å². The van der Waals surface area contributed by atoms with Crippen LogP contribution in [-0.4, -0.2) is 29.9 Å². The predicted molar refractivity (Wildman–Crippen MR) is 69.7 cm³/mol. The van der Waals surface area contributed by atoms with Crippen molar-refractivity contribution in [1.82, 2.24) is 4.90 Å². The standard InChI is InChI=1S/C11H15BrN2OS/c1-7(13)8-4-5-14(6-8)11(15)9-2-3-10(12)16-9/h2-3,7-8H,4-6,13H2,1H3.